The first-order chi connectivity index (χ1) is 9.99. The zero-order valence-corrected chi connectivity index (χ0v) is 12.6. The molecule has 0 radical (unpaired) electrons. The third-order valence-corrected chi connectivity index (χ3v) is 4.14. The van der Waals surface area contributed by atoms with Crippen molar-refractivity contribution in [2.75, 3.05) is 5.32 Å². The fraction of sp³-hybridized carbons (Fsp3) is 0.200. The number of nitrogens with one attached hydrogen (secondary N) is 2. The number of carbonyl (C=O) groups is 2. The number of aryl methyl sites for hydroxylation is 2. The summed E-state index contributed by atoms with van der Waals surface area (Å²) in [4.78, 5) is 24.2. The van der Waals surface area contributed by atoms with Crippen molar-refractivity contribution in [3.63, 3.8) is 0 Å². The van der Waals surface area contributed by atoms with Gasteiger partial charge in [-0.1, -0.05) is 12.1 Å². The molecule has 0 bridgehead atoms. The molecule has 5 nitrogen and oxygen atoms in total. The van der Waals surface area contributed by atoms with Crippen molar-refractivity contribution in [3.05, 3.63) is 51.2 Å². The lowest BCUT2D eigenvalue weighted by Gasteiger charge is -2.12. The number of rotatable bonds is 4. The number of aromatic carboxylic acids is 1. The Morgan fingerprint density at radius 2 is 1.95 bits per heavy atom. The number of carbonyl (C=O) groups excluding carboxylic acids is 1. The lowest BCUT2D eigenvalue weighted by molar-refractivity contribution is 0.0698. The third-order valence-electron chi connectivity index (χ3n) is 3.12. The highest BCUT2D eigenvalue weighted by Crippen LogP contribution is 2.20. The van der Waals surface area contributed by atoms with Gasteiger partial charge in [0.2, 0.25) is 0 Å². The van der Waals surface area contributed by atoms with E-state index in [1.165, 1.54) is 6.07 Å². The molecule has 21 heavy (non-hydrogen) atoms. The maximum atomic E-state index is 11.9. The lowest BCUT2D eigenvalue weighted by atomic mass is 10.1. The van der Waals surface area contributed by atoms with Crippen molar-refractivity contribution in [1.29, 1.82) is 0 Å². The van der Waals surface area contributed by atoms with Crippen LogP contribution in [0, 0.1) is 13.8 Å². The molecular weight excluding hydrogens is 288 g/mol. The van der Waals surface area contributed by atoms with Crippen molar-refractivity contribution in [2.24, 2.45) is 0 Å². The Balaban J connectivity index is 2.06. The summed E-state index contributed by atoms with van der Waals surface area (Å²) in [6.07, 6.45) is 0. The van der Waals surface area contributed by atoms with E-state index in [2.05, 4.69) is 10.6 Å². The molecule has 0 aliphatic rings. The van der Waals surface area contributed by atoms with Crippen LogP contribution in [0.1, 0.15) is 26.4 Å². The molecular formula is C15H16N2O3S. The van der Waals surface area contributed by atoms with Crippen LogP contribution >= 0.6 is 11.3 Å². The predicted octanol–water partition coefficient (Wildman–Crippen LogP) is 3.38. The normalized spacial score (nSPS) is 10.2. The van der Waals surface area contributed by atoms with Crippen LogP contribution in [-0.4, -0.2) is 17.1 Å². The van der Waals surface area contributed by atoms with E-state index < -0.39 is 12.0 Å². The first-order valence-corrected chi connectivity index (χ1v) is 7.27. The van der Waals surface area contributed by atoms with Gasteiger partial charge in [-0.25, -0.2) is 9.59 Å². The summed E-state index contributed by atoms with van der Waals surface area (Å²) in [6, 6.07) is 6.44. The fourth-order valence-electron chi connectivity index (χ4n) is 1.92. The van der Waals surface area contributed by atoms with Crippen LogP contribution in [0.15, 0.2) is 29.6 Å². The highest BCUT2D eigenvalue weighted by molar-refractivity contribution is 7.10. The van der Waals surface area contributed by atoms with Crippen LogP contribution in [0.2, 0.25) is 0 Å². The first-order valence-electron chi connectivity index (χ1n) is 6.39. The fourth-order valence-corrected chi connectivity index (χ4v) is 2.76. The molecule has 0 aliphatic carbocycles. The Hall–Kier alpha value is -2.34. The molecule has 2 rings (SSSR count). The van der Waals surface area contributed by atoms with Crippen molar-refractivity contribution in [2.45, 2.75) is 20.4 Å². The van der Waals surface area contributed by atoms with E-state index in [-0.39, 0.29) is 5.56 Å². The molecule has 0 saturated heterocycles. The van der Waals surface area contributed by atoms with Gasteiger partial charge in [-0.3, -0.25) is 0 Å². The molecule has 0 aliphatic heterocycles. The monoisotopic (exact) mass is 304 g/mol. The SMILES string of the molecule is Cc1ccsc1CNC(=O)Nc1c(C)cccc1C(=O)O. The van der Waals surface area contributed by atoms with Crippen LogP contribution in [0.4, 0.5) is 10.5 Å². The molecule has 3 N–H and O–H groups in total. The van der Waals surface area contributed by atoms with Gasteiger partial charge in [0, 0.05) is 4.88 Å². The second-order valence-corrected chi connectivity index (χ2v) is 5.64. The molecule has 2 aromatic rings. The molecule has 2 amide bonds. The van der Waals surface area contributed by atoms with E-state index in [4.69, 9.17) is 5.11 Å². The van der Waals surface area contributed by atoms with Crippen molar-refractivity contribution < 1.29 is 14.7 Å². The van der Waals surface area contributed by atoms with Crippen LogP contribution in [0.3, 0.4) is 0 Å². The lowest BCUT2D eigenvalue weighted by Crippen LogP contribution is -2.29. The average molecular weight is 304 g/mol. The molecule has 1 aromatic heterocycles. The second kappa shape index (κ2) is 6.41. The van der Waals surface area contributed by atoms with Crippen LogP contribution in [-0.2, 0) is 6.54 Å². The third kappa shape index (κ3) is 3.61. The number of benzene rings is 1. The molecule has 110 valence electrons. The van der Waals surface area contributed by atoms with E-state index in [9.17, 15) is 9.59 Å². The zero-order chi connectivity index (χ0) is 15.4. The summed E-state index contributed by atoms with van der Waals surface area (Å²) < 4.78 is 0. The summed E-state index contributed by atoms with van der Waals surface area (Å²) in [5.41, 5.74) is 2.24. The Morgan fingerprint density at radius 1 is 1.19 bits per heavy atom. The van der Waals surface area contributed by atoms with Gasteiger partial charge >= 0.3 is 12.0 Å². The minimum atomic E-state index is -1.07. The van der Waals surface area contributed by atoms with Crippen molar-refractivity contribution in [1.82, 2.24) is 5.32 Å². The molecule has 0 saturated carbocycles. The van der Waals surface area contributed by atoms with Crippen LogP contribution in [0.5, 0.6) is 0 Å². The van der Waals surface area contributed by atoms with Gasteiger partial charge in [-0.2, -0.15) is 0 Å². The van der Waals surface area contributed by atoms with Gasteiger partial charge in [0.1, 0.15) is 0 Å². The quantitative estimate of drug-likeness (QED) is 0.810. The van der Waals surface area contributed by atoms with Gasteiger partial charge in [-0.05, 0) is 42.5 Å². The van der Waals surface area contributed by atoms with E-state index in [0.717, 1.165) is 10.4 Å². The predicted molar refractivity (Wildman–Crippen MR) is 83.1 cm³/mol. The molecule has 0 atom stereocenters. The maximum Gasteiger partial charge on any atom is 0.337 e. The van der Waals surface area contributed by atoms with E-state index >= 15 is 0 Å². The molecule has 0 fully saturated rings. The number of carboxylic acids is 1. The topological polar surface area (TPSA) is 78.4 Å². The standard InChI is InChI=1S/C15H16N2O3S/c1-9-6-7-21-12(9)8-16-15(20)17-13-10(2)4-3-5-11(13)14(18)19/h3-7H,8H2,1-2H3,(H,18,19)(H2,16,17,20). The molecule has 0 spiro atoms. The Kier molecular flexibility index (Phi) is 4.59. The number of para-hydroxylation sites is 1. The van der Waals surface area contributed by atoms with E-state index in [1.54, 1.807) is 30.4 Å². The summed E-state index contributed by atoms with van der Waals surface area (Å²) in [5.74, 6) is -1.07. The highest BCUT2D eigenvalue weighted by atomic mass is 32.1. The zero-order valence-electron chi connectivity index (χ0n) is 11.8. The van der Waals surface area contributed by atoms with Gasteiger partial charge in [0.15, 0.2) is 0 Å². The Bertz CT molecular complexity index is 679. The number of thiophene rings is 1. The molecule has 0 unspecified atom stereocenters. The van der Waals surface area contributed by atoms with E-state index in [0.29, 0.717) is 17.8 Å². The number of hydrogen-bond donors (Lipinski definition) is 3. The first kappa shape index (κ1) is 15.1. The summed E-state index contributed by atoms with van der Waals surface area (Å²) >= 11 is 1.57. The van der Waals surface area contributed by atoms with Gasteiger partial charge < -0.3 is 15.7 Å². The minimum absolute atomic E-state index is 0.0810. The van der Waals surface area contributed by atoms with Crippen LogP contribution in [0.25, 0.3) is 0 Å². The van der Waals surface area contributed by atoms with Crippen LogP contribution < -0.4 is 10.6 Å². The second-order valence-electron chi connectivity index (χ2n) is 4.64. The Labute approximate surface area is 126 Å². The van der Waals surface area contributed by atoms with E-state index in [1.807, 2.05) is 18.4 Å². The van der Waals surface area contributed by atoms with Gasteiger partial charge in [0.05, 0.1) is 17.8 Å². The maximum absolute atomic E-state index is 11.9. The van der Waals surface area contributed by atoms with Gasteiger partial charge in [-0.15, -0.1) is 11.3 Å². The number of urea groups is 1. The smallest absolute Gasteiger partial charge is 0.337 e. The summed E-state index contributed by atoms with van der Waals surface area (Å²) in [7, 11) is 0. The minimum Gasteiger partial charge on any atom is -0.478 e. The molecule has 1 aromatic carbocycles. The molecule has 1 heterocycles. The summed E-state index contributed by atoms with van der Waals surface area (Å²) in [6.45, 7) is 4.16. The van der Waals surface area contributed by atoms with Crippen molar-refractivity contribution >= 4 is 29.0 Å². The van der Waals surface area contributed by atoms with Crippen molar-refractivity contribution in [3.8, 4) is 0 Å². The van der Waals surface area contributed by atoms with Gasteiger partial charge in [0.25, 0.3) is 0 Å². The largest absolute Gasteiger partial charge is 0.478 e. The highest BCUT2D eigenvalue weighted by Gasteiger charge is 2.14. The number of amides is 2. The number of hydrogen-bond acceptors (Lipinski definition) is 3. The molecule has 6 heteroatoms. The number of carboxylic acid groups (broad SMARTS) is 1. The Morgan fingerprint density at radius 3 is 2.57 bits per heavy atom. The summed E-state index contributed by atoms with van der Waals surface area (Å²) in [5, 5.41) is 16.5. The average Bonchev–Trinajstić information content (AvgIpc) is 2.84. The number of anilines is 1.